The molecule has 5 heteroatoms. The molecule has 0 amide bonds. The van der Waals surface area contributed by atoms with E-state index in [4.69, 9.17) is 10.5 Å². The maximum Gasteiger partial charge on any atom is 0.167 e. The number of methoxy groups -OCH3 is 1. The van der Waals surface area contributed by atoms with E-state index in [2.05, 4.69) is 5.32 Å². The SMILES string of the molecule is COc1cc(NC(C)c2ccc(F)cc2)c(N)cc1F. The Morgan fingerprint density at radius 2 is 1.80 bits per heavy atom. The van der Waals surface area contributed by atoms with Crippen LogP contribution in [-0.4, -0.2) is 7.11 Å². The highest BCUT2D eigenvalue weighted by Gasteiger charge is 2.11. The predicted octanol–water partition coefficient (Wildman–Crippen LogP) is 3.73. The van der Waals surface area contributed by atoms with Crippen LogP contribution in [0.4, 0.5) is 20.2 Å². The van der Waals surface area contributed by atoms with Gasteiger partial charge in [-0.15, -0.1) is 0 Å². The van der Waals surface area contributed by atoms with Crippen molar-refractivity contribution >= 4 is 11.4 Å². The van der Waals surface area contributed by atoms with Crippen LogP contribution in [-0.2, 0) is 0 Å². The van der Waals surface area contributed by atoms with Gasteiger partial charge in [0.15, 0.2) is 11.6 Å². The average Bonchev–Trinajstić information content (AvgIpc) is 2.42. The largest absolute Gasteiger partial charge is 0.494 e. The van der Waals surface area contributed by atoms with E-state index in [0.29, 0.717) is 5.69 Å². The number of ether oxygens (including phenoxy) is 1. The van der Waals surface area contributed by atoms with Crippen molar-refractivity contribution in [2.75, 3.05) is 18.2 Å². The lowest BCUT2D eigenvalue weighted by atomic mass is 10.1. The first-order valence-corrected chi connectivity index (χ1v) is 6.16. The van der Waals surface area contributed by atoms with Crippen molar-refractivity contribution in [3.63, 3.8) is 0 Å². The van der Waals surface area contributed by atoms with Gasteiger partial charge < -0.3 is 15.8 Å². The van der Waals surface area contributed by atoms with Gasteiger partial charge in [-0.05, 0) is 24.6 Å². The summed E-state index contributed by atoms with van der Waals surface area (Å²) in [5, 5.41) is 3.15. The molecule has 1 unspecified atom stereocenters. The van der Waals surface area contributed by atoms with Crippen LogP contribution in [0.1, 0.15) is 18.5 Å². The Kier molecular flexibility index (Phi) is 4.08. The van der Waals surface area contributed by atoms with Crippen LogP contribution in [0.5, 0.6) is 5.75 Å². The summed E-state index contributed by atoms with van der Waals surface area (Å²) < 4.78 is 31.3. The third-order valence-electron chi connectivity index (χ3n) is 3.07. The number of benzene rings is 2. The van der Waals surface area contributed by atoms with Crippen LogP contribution in [0.3, 0.4) is 0 Å². The Morgan fingerprint density at radius 1 is 1.15 bits per heavy atom. The van der Waals surface area contributed by atoms with Crippen LogP contribution in [0.25, 0.3) is 0 Å². The van der Waals surface area contributed by atoms with Gasteiger partial charge in [0.1, 0.15) is 5.82 Å². The maximum atomic E-state index is 13.5. The molecule has 0 aliphatic rings. The molecular weight excluding hydrogens is 262 g/mol. The van der Waals surface area contributed by atoms with Crippen molar-refractivity contribution in [1.82, 2.24) is 0 Å². The molecule has 0 aromatic heterocycles. The fourth-order valence-electron chi connectivity index (χ4n) is 1.92. The summed E-state index contributed by atoms with van der Waals surface area (Å²) in [5.74, 6) is -0.679. The summed E-state index contributed by atoms with van der Waals surface area (Å²) in [5.41, 5.74) is 7.53. The monoisotopic (exact) mass is 278 g/mol. The van der Waals surface area contributed by atoms with Crippen molar-refractivity contribution in [2.24, 2.45) is 0 Å². The van der Waals surface area contributed by atoms with E-state index >= 15 is 0 Å². The van der Waals surface area contributed by atoms with Crippen LogP contribution in [0, 0.1) is 11.6 Å². The number of hydrogen-bond acceptors (Lipinski definition) is 3. The fraction of sp³-hybridized carbons (Fsp3) is 0.200. The van der Waals surface area contributed by atoms with Crippen molar-refractivity contribution < 1.29 is 13.5 Å². The quantitative estimate of drug-likeness (QED) is 0.838. The molecule has 0 spiro atoms. The van der Waals surface area contributed by atoms with Crippen molar-refractivity contribution in [3.05, 3.63) is 53.6 Å². The molecule has 3 N–H and O–H groups in total. The third kappa shape index (κ3) is 2.99. The van der Waals surface area contributed by atoms with Crippen LogP contribution < -0.4 is 15.8 Å². The minimum Gasteiger partial charge on any atom is -0.494 e. The summed E-state index contributed by atoms with van der Waals surface area (Å²) in [4.78, 5) is 0. The lowest BCUT2D eigenvalue weighted by Gasteiger charge is -2.18. The van der Waals surface area contributed by atoms with Crippen LogP contribution in [0.15, 0.2) is 36.4 Å². The summed E-state index contributed by atoms with van der Waals surface area (Å²) in [7, 11) is 1.39. The molecular formula is C15H16F2N2O. The molecule has 1 atom stereocenters. The molecule has 0 saturated heterocycles. The van der Waals surface area contributed by atoms with Gasteiger partial charge in [0.2, 0.25) is 0 Å². The zero-order valence-corrected chi connectivity index (χ0v) is 11.3. The van der Waals surface area contributed by atoms with E-state index in [0.717, 1.165) is 5.56 Å². The number of hydrogen-bond donors (Lipinski definition) is 2. The van der Waals surface area contributed by atoms with Crippen LogP contribution in [0.2, 0.25) is 0 Å². The minimum atomic E-state index is -0.509. The normalized spacial score (nSPS) is 12.0. The molecule has 0 bridgehead atoms. The third-order valence-corrected chi connectivity index (χ3v) is 3.07. The Morgan fingerprint density at radius 3 is 2.40 bits per heavy atom. The zero-order valence-electron chi connectivity index (χ0n) is 11.3. The molecule has 3 nitrogen and oxygen atoms in total. The van der Waals surface area contributed by atoms with E-state index < -0.39 is 5.82 Å². The van der Waals surface area contributed by atoms with Gasteiger partial charge in [-0.2, -0.15) is 0 Å². The molecule has 0 aliphatic heterocycles. The average molecular weight is 278 g/mol. The highest BCUT2D eigenvalue weighted by Crippen LogP contribution is 2.30. The molecule has 2 aromatic rings. The number of rotatable bonds is 4. The summed E-state index contributed by atoms with van der Waals surface area (Å²) in [6.07, 6.45) is 0. The number of halogens is 2. The summed E-state index contributed by atoms with van der Waals surface area (Å²) in [6.45, 7) is 1.91. The van der Waals surface area contributed by atoms with Gasteiger partial charge in [-0.25, -0.2) is 8.78 Å². The molecule has 2 rings (SSSR count). The number of nitrogens with two attached hydrogens (primary N) is 1. The smallest absolute Gasteiger partial charge is 0.167 e. The topological polar surface area (TPSA) is 47.3 Å². The number of nitrogen functional groups attached to an aromatic ring is 1. The second-order valence-corrected chi connectivity index (χ2v) is 4.49. The number of anilines is 2. The van der Waals surface area contributed by atoms with Gasteiger partial charge in [-0.3, -0.25) is 0 Å². The highest BCUT2D eigenvalue weighted by atomic mass is 19.1. The molecule has 0 radical (unpaired) electrons. The van der Waals surface area contributed by atoms with Crippen molar-refractivity contribution in [2.45, 2.75) is 13.0 Å². The van der Waals surface area contributed by atoms with Gasteiger partial charge in [0.05, 0.1) is 18.5 Å². The van der Waals surface area contributed by atoms with Crippen molar-refractivity contribution in [1.29, 1.82) is 0 Å². The molecule has 0 fully saturated rings. The van der Waals surface area contributed by atoms with Crippen molar-refractivity contribution in [3.8, 4) is 5.75 Å². The lowest BCUT2D eigenvalue weighted by Crippen LogP contribution is -2.09. The Labute approximate surface area is 116 Å². The second-order valence-electron chi connectivity index (χ2n) is 4.49. The maximum absolute atomic E-state index is 13.5. The molecule has 0 aliphatic carbocycles. The zero-order chi connectivity index (χ0) is 14.7. The minimum absolute atomic E-state index is 0.104. The van der Waals surface area contributed by atoms with Gasteiger partial charge >= 0.3 is 0 Å². The predicted molar refractivity (Wildman–Crippen MR) is 75.8 cm³/mol. The lowest BCUT2D eigenvalue weighted by molar-refractivity contribution is 0.387. The molecule has 0 saturated carbocycles. The second kappa shape index (κ2) is 5.77. The summed E-state index contributed by atoms with van der Waals surface area (Å²) in [6, 6.07) is 8.76. The van der Waals surface area contributed by atoms with E-state index in [9.17, 15) is 8.78 Å². The first-order chi connectivity index (χ1) is 9.51. The molecule has 2 aromatic carbocycles. The van der Waals surface area contributed by atoms with E-state index in [1.54, 1.807) is 12.1 Å². The van der Waals surface area contributed by atoms with Gasteiger partial charge in [-0.1, -0.05) is 12.1 Å². The molecule has 20 heavy (non-hydrogen) atoms. The standard InChI is InChI=1S/C15H16F2N2O/c1-9(10-3-5-11(16)6-4-10)19-14-8-15(20-2)12(17)7-13(14)18/h3-9,19H,18H2,1-2H3. The molecule has 0 heterocycles. The first-order valence-electron chi connectivity index (χ1n) is 6.16. The first kappa shape index (κ1) is 14.1. The number of nitrogens with one attached hydrogen (secondary N) is 1. The fourth-order valence-corrected chi connectivity index (χ4v) is 1.92. The van der Waals surface area contributed by atoms with Gasteiger partial charge in [0.25, 0.3) is 0 Å². The highest BCUT2D eigenvalue weighted by molar-refractivity contribution is 5.69. The van der Waals surface area contributed by atoms with E-state index in [1.807, 2.05) is 6.92 Å². The van der Waals surface area contributed by atoms with Crippen LogP contribution >= 0.6 is 0 Å². The molecule has 106 valence electrons. The Bertz CT molecular complexity index is 600. The van der Waals surface area contributed by atoms with E-state index in [-0.39, 0.29) is 23.3 Å². The van der Waals surface area contributed by atoms with Gasteiger partial charge in [0, 0.05) is 18.2 Å². The summed E-state index contributed by atoms with van der Waals surface area (Å²) >= 11 is 0. The Hall–Kier alpha value is -2.30. The van der Waals surface area contributed by atoms with E-state index in [1.165, 1.54) is 31.4 Å². The Balaban J connectivity index is 2.23.